The molecule has 0 unspecified atom stereocenters. The van der Waals surface area contributed by atoms with Crippen LogP contribution in [0.15, 0.2) is 76.3 Å². The second-order valence-corrected chi connectivity index (χ2v) is 8.26. The Morgan fingerprint density at radius 3 is 2.53 bits per heavy atom. The Hall–Kier alpha value is -2.87. The van der Waals surface area contributed by atoms with E-state index in [-0.39, 0.29) is 13.0 Å². The van der Waals surface area contributed by atoms with E-state index in [0.29, 0.717) is 27.0 Å². The van der Waals surface area contributed by atoms with Gasteiger partial charge in [-0.1, -0.05) is 53.5 Å². The molecule has 0 spiro atoms. The highest BCUT2D eigenvalue weighted by molar-refractivity contribution is 9.10. The lowest BCUT2D eigenvalue weighted by Gasteiger charge is -2.10. The van der Waals surface area contributed by atoms with Gasteiger partial charge in [0.15, 0.2) is 0 Å². The average Bonchev–Trinajstić information content (AvgIpc) is 2.75. The molecule has 0 heterocycles. The standard InChI is InChI=1S/C23H18BrCl2N3O3/c24-18-6-2-3-7-20(18)28-22(30)12-23(31)29-27-13-15-5-1-4-8-21(15)32-14-16-9-10-17(25)11-19(16)26/h1-11,13H,12,14H2,(H,28,30)(H,29,31). The number of hydrogen-bond donors (Lipinski definition) is 2. The summed E-state index contributed by atoms with van der Waals surface area (Å²) >= 11 is 15.4. The molecule has 32 heavy (non-hydrogen) atoms. The number of carbonyl (C=O) groups excluding carboxylic acids is 2. The molecule has 3 aromatic carbocycles. The number of amides is 2. The van der Waals surface area contributed by atoms with Crippen molar-refractivity contribution in [3.8, 4) is 5.75 Å². The molecule has 0 bridgehead atoms. The monoisotopic (exact) mass is 533 g/mol. The molecule has 0 aliphatic carbocycles. The van der Waals surface area contributed by atoms with E-state index in [4.69, 9.17) is 27.9 Å². The van der Waals surface area contributed by atoms with E-state index in [0.717, 1.165) is 10.0 Å². The molecular formula is C23H18BrCl2N3O3. The fourth-order valence-corrected chi connectivity index (χ4v) is 3.48. The normalized spacial score (nSPS) is 10.7. The Labute approximate surface area is 203 Å². The minimum absolute atomic E-state index is 0.239. The third kappa shape index (κ3) is 7.09. The Bertz CT molecular complexity index is 1150. The van der Waals surface area contributed by atoms with Gasteiger partial charge in [-0.25, -0.2) is 5.43 Å². The van der Waals surface area contributed by atoms with E-state index < -0.39 is 11.8 Å². The maximum Gasteiger partial charge on any atom is 0.249 e. The third-order valence-corrected chi connectivity index (χ3v) is 5.46. The number of anilines is 1. The highest BCUT2D eigenvalue weighted by Gasteiger charge is 2.10. The van der Waals surface area contributed by atoms with Crippen molar-refractivity contribution >= 4 is 62.8 Å². The molecule has 0 atom stereocenters. The van der Waals surface area contributed by atoms with E-state index >= 15 is 0 Å². The molecule has 9 heteroatoms. The van der Waals surface area contributed by atoms with Crippen molar-refractivity contribution < 1.29 is 14.3 Å². The first-order chi connectivity index (χ1) is 15.4. The van der Waals surface area contributed by atoms with Gasteiger partial charge in [-0.05, 0) is 52.3 Å². The minimum atomic E-state index is -0.544. The van der Waals surface area contributed by atoms with Gasteiger partial charge < -0.3 is 10.1 Å². The molecule has 3 rings (SSSR count). The molecule has 3 aromatic rings. The van der Waals surface area contributed by atoms with E-state index in [1.165, 1.54) is 6.21 Å². The molecule has 0 aliphatic heterocycles. The number of halogens is 3. The predicted octanol–water partition coefficient (Wildman–Crippen LogP) is 5.81. The van der Waals surface area contributed by atoms with Gasteiger partial charge in [0.2, 0.25) is 11.8 Å². The van der Waals surface area contributed by atoms with Crippen molar-refractivity contribution in [1.82, 2.24) is 5.43 Å². The van der Waals surface area contributed by atoms with Crippen LogP contribution in [0.25, 0.3) is 0 Å². The fraction of sp³-hybridized carbons (Fsp3) is 0.0870. The maximum atomic E-state index is 12.0. The van der Waals surface area contributed by atoms with Gasteiger partial charge in [0.05, 0.1) is 11.9 Å². The first kappa shape index (κ1) is 23.8. The van der Waals surface area contributed by atoms with Crippen LogP contribution in [0.2, 0.25) is 10.0 Å². The molecule has 0 aromatic heterocycles. The summed E-state index contributed by atoms with van der Waals surface area (Å²) in [7, 11) is 0. The largest absolute Gasteiger partial charge is 0.488 e. The van der Waals surface area contributed by atoms with Gasteiger partial charge in [0, 0.05) is 25.6 Å². The van der Waals surface area contributed by atoms with E-state index in [2.05, 4.69) is 31.8 Å². The van der Waals surface area contributed by atoms with Gasteiger partial charge in [0.1, 0.15) is 18.8 Å². The summed E-state index contributed by atoms with van der Waals surface area (Å²) in [4.78, 5) is 24.1. The second-order valence-electron chi connectivity index (χ2n) is 6.56. The van der Waals surface area contributed by atoms with E-state index in [9.17, 15) is 9.59 Å². The van der Waals surface area contributed by atoms with Gasteiger partial charge in [0.25, 0.3) is 0 Å². The first-order valence-corrected chi connectivity index (χ1v) is 11.0. The zero-order valence-electron chi connectivity index (χ0n) is 16.6. The Kier molecular flexibility index (Phi) is 8.67. The lowest BCUT2D eigenvalue weighted by atomic mass is 10.2. The smallest absolute Gasteiger partial charge is 0.249 e. The molecule has 0 aliphatic rings. The summed E-state index contributed by atoms with van der Waals surface area (Å²) in [6, 6.07) is 19.5. The molecule has 164 valence electrons. The zero-order chi connectivity index (χ0) is 22.9. The number of benzene rings is 3. The van der Waals surface area contributed by atoms with E-state index in [1.54, 1.807) is 48.5 Å². The lowest BCUT2D eigenvalue weighted by Crippen LogP contribution is -2.24. The van der Waals surface area contributed by atoms with Crippen LogP contribution in [0.1, 0.15) is 17.5 Å². The summed E-state index contributed by atoms with van der Waals surface area (Å²) in [5, 5.41) is 7.65. The fourth-order valence-electron chi connectivity index (χ4n) is 2.63. The number of para-hydroxylation sites is 2. The summed E-state index contributed by atoms with van der Waals surface area (Å²) in [6.07, 6.45) is 1.08. The number of rotatable bonds is 8. The van der Waals surface area contributed by atoms with Crippen LogP contribution in [0, 0.1) is 0 Å². The maximum absolute atomic E-state index is 12.0. The minimum Gasteiger partial charge on any atom is -0.488 e. The molecule has 0 radical (unpaired) electrons. The average molecular weight is 535 g/mol. The highest BCUT2D eigenvalue weighted by atomic mass is 79.9. The summed E-state index contributed by atoms with van der Waals surface area (Å²) in [5.74, 6) is -0.437. The predicted molar refractivity (Wildman–Crippen MR) is 130 cm³/mol. The van der Waals surface area contributed by atoms with Crippen molar-refractivity contribution in [3.05, 3.63) is 92.4 Å². The number of carbonyl (C=O) groups is 2. The highest BCUT2D eigenvalue weighted by Crippen LogP contribution is 2.24. The number of nitrogens with zero attached hydrogens (tertiary/aromatic N) is 1. The Morgan fingerprint density at radius 2 is 1.75 bits per heavy atom. The molecule has 0 saturated heterocycles. The van der Waals surface area contributed by atoms with Crippen molar-refractivity contribution in [3.63, 3.8) is 0 Å². The topological polar surface area (TPSA) is 79.8 Å². The quantitative estimate of drug-likeness (QED) is 0.217. The van der Waals surface area contributed by atoms with Crippen LogP contribution < -0.4 is 15.5 Å². The van der Waals surface area contributed by atoms with Gasteiger partial charge in [-0.3, -0.25) is 9.59 Å². The summed E-state index contributed by atoms with van der Waals surface area (Å²) in [5.41, 5.74) is 4.36. The van der Waals surface area contributed by atoms with Gasteiger partial charge in [-0.15, -0.1) is 0 Å². The van der Waals surface area contributed by atoms with Crippen LogP contribution in [-0.2, 0) is 16.2 Å². The van der Waals surface area contributed by atoms with Crippen LogP contribution in [-0.4, -0.2) is 18.0 Å². The molecule has 0 saturated carbocycles. The van der Waals surface area contributed by atoms with Crippen molar-refractivity contribution in [2.75, 3.05) is 5.32 Å². The number of ether oxygens (including phenoxy) is 1. The van der Waals surface area contributed by atoms with Crippen molar-refractivity contribution in [2.45, 2.75) is 13.0 Å². The molecular weight excluding hydrogens is 517 g/mol. The Balaban J connectivity index is 1.54. The second kappa shape index (κ2) is 11.7. The van der Waals surface area contributed by atoms with Crippen molar-refractivity contribution in [2.24, 2.45) is 5.10 Å². The molecule has 0 fully saturated rings. The van der Waals surface area contributed by atoms with Crippen LogP contribution in [0.4, 0.5) is 5.69 Å². The molecule has 2 amide bonds. The SMILES string of the molecule is O=C(CC(=O)Nc1ccccc1Br)NN=Cc1ccccc1OCc1ccc(Cl)cc1Cl. The van der Waals surface area contributed by atoms with Gasteiger partial charge in [-0.2, -0.15) is 5.10 Å². The van der Waals surface area contributed by atoms with Crippen LogP contribution in [0.3, 0.4) is 0 Å². The van der Waals surface area contributed by atoms with Crippen LogP contribution >= 0.6 is 39.1 Å². The third-order valence-electron chi connectivity index (χ3n) is 4.18. The summed E-state index contributed by atoms with van der Waals surface area (Å²) < 4.78 is 6.57. The summed E-state index contributed by atoms with van der Waals surface area (Å²) in [6.45, 7) is 0.239. The number of nitrogens with one attached hydrogen (secondary N) is 2. The van der Waals surface area contributed by atoms with Crippen LogP contribution in [0.5, 0.6) is 5.75 Å². The first-order valence-electron chi connectivity index (χ1n) is 9.44. The number of hydrazone groups is 1. The Morgan fingerprint density at radius 1 is 1.00 bits per heavy atom. The zero-order valence-corrected chi connectivity index (χ0v) is 19.7. The number of hydrogen-bond acceptors (Lipinski definition) is 4. The van der Waals surface area contributed by atoms with Crippen molar-refractivity contribution in [1.29, 1.82) is 0 Å². The molecule has 6 nitrogen and oxygen atoms in total. The van der Waals surface area contributed by atoms with Gasteiger partial charge >= 0.3 is 0 Å². The molecule has 2 N–H and O–H groups in total. The lowest BCUT2D eigenvalue weighted by molar-refractivity contribution is -0.126. The van der Waals surface area contributed by atoms with E-state index in [1.807, 2.05) is 18.2 Å².